The molecule has 0 fully saturated rings. The Morgan fingerprint density at radius 2 is 1.85 bits per heavy atom. The molecule has 0 saturated heterocycles. The van der Waals surface area contributed by atoms with Crippen LogP contribution in [0.4, 0.5) is 0 Å². The number of halogens is 1. The molecule has 2 N–H and O–H groups in total. The first-order valence-electron chi connectivity index (χ1n) is 8.81. The lowest BCUT2D eigenvalue weighted by molar-refractivity contribution is 0.100. The van der Waals surface area contributed by atoms with Gasteiger partial charge in [-0.15, -0.1) is 0 Å². The lowest BCUT2D eigenvalue weighted by Crippen LogP contribution is -2.11. The van der Waals surface area contributed by atoms with Gasteiger partial charge in [0.2, 0.25) is 5.91 Å². The minimum Gasteiger partial charge on any atom is -0.494 e. The summed E-state index contributed by atoms with van der Waals surface area (Å²) >= 11 is 6.56. The van der Waals surface area contributed by atoms with Gasteiger partial charge in [-0.25, -0.2) is 0 Å². The number of carbonyl (C=O) groups is 1. The maximum Gasteiger partial charge on any atom is 0.249 e. The topological polar surface area (TPSA) is 57.2 Å². The molecule has 1 heterocycles. The van der Waals surface area contributed by atoms with Gasteiger partial charge in [-0.3, -0.25) is 4.79 Å². The molecule has 0 bridgehead atoms. The van der Waals surface area contributed by atoms with Crippen LogP contribution in [-0.2, 0) is 6.54 Å². The van der Waals surface area contributed by atoms with Crippen molar-refractivity contribution in [1.29, 1.82) is 0 Å². The summed E-state index contributed by atoms with van der Waals surface area (Å²) in [4.78, 5) is 12.0. The second-order valence-corrected chi connectivity index (χ2v) is 6.73. The number of ether oxygens (including phenoxy) is 1. The molecule has 0 atom stereocenters. The van der Waals surface area contributed by atoms with E-state index in [0.29, 0.717) is 23.7 Å². The van der Waals surface area contributed by atoms with Gasteiger partial charge in [0, 0.05) is 21.9 Å². The number of rotatable bonds is 5. The number of carbonyl (C=O) groups excluding carboxylic acids is 1. The van der Waals surface area contributed by atoms with E-state index in [2.05, 4.69) is 4.57 Å². The van der Waals surface area contributed by atoms with E-state index in [1.165, 1.54) is 0 Å². The van der Waals surface area contributed by atoms with Crippen molar-refractivity contribution in [2.75, 3.05) is 6.61 Å². The highest BCUT2D eigenvalue weighted by Crippen LogP contribution is 2.36. The highest BCUT2D eigenvalue weighted by Gasteiger charge is 2.18. The van der Waals surface area contributed by atoms with Crippen LogP contribution in [0.5, 0.6) is 5.75 Å². The van der Waals surface area contributed by atoms with Gasteiger partial charge in [0.25, 0.3) is 0 Å². The number of para-hydroxylation sites is 2. The van der Waals surface area contributed by atoms with Gasteiger partial charge in [0.05, 0.1) is 29.2 Å². The average molecular weight is 379 g/mol. The second kappa shape index (κ2) is 6.97. The Bertz CT molecular complexity index is 1160. The Hall–Kier alpha value is -2.98. The summed E-state index contributed by atoms with van der Waals surface area (Å²) in [6.07, 6.45) is 0. The number of hydrogen-bond acceptors (Lipinski definition) is 2. The summed E-state index contributed by atoms with van der Waals surface area (Å²) in [5, 5.41) is 2.38. The number of hydrogen-bond donors (Lipinski definition) is 1. The van der Waals surface area contributed by atoms with Crippen LogP contribution in [0, 0.1) is 0 Å². The third-order valence-electron chi connectivity index (χ3n) is 4.73. The first-order chi connectivity index (χ1) is 13.1. The Balaban J connectivity index is 2.03. The van der Waals surface area contributed by atoms with E-state index >= 15 is 0 Å². The number of benzene rings is 3. The van der Waals surface area contributed by atoms with Crippen LogP contribution in [0.3, 0.4) is 0 Å². The maximum atomic E-state index is 12.0. The lowest BCUT2D eigenvalue weighted by Gasteiger charge is -2.13. The van der Waals surface area contributed by atoms with Crippen LogP contribution < -0.4 is 10.5 Å². The predicted molar refractivity (Wildman–Crippen MR) is 110 cm³/mol. The Labute approximate surface area is 162 Å². The zero-order chi connectivity index (χ0) is 19.0. The molecule has 0 aliphatic heterocycles. The maximum absolute atomic E-state index is 12.0. The molecular weight excluding hydrogens is 360 g/mol. The van der Waals surface area contributed by atoms with Crippen LogP contribution in [0.25, 0.3) is 21.8 Å². The molecule has 0 spiro atoms. The third kappa shape index (κ3) is 2.92. The summed E-state index contributed by atoms with van der Waals surface area (Å²) < 4.78 is 7.90. The van der Waals surface area contributed by atoms with Crippen LogP contribution in [-0.4, -0.2) is 17.1 Å². The van der Waals surface area contributed by atoms with Crippen LogP contribution in [0.15, 0.2) is 60.7 Å². The molecule has 4 nitrogen and oxygen atoms in total. The van der Waals surface area contributed by atoms with Crippen LogP contribution in [0.1, 0.15) is 22.8 Å². The van der Waals surface area contributed by atoms with Gasteiger partial charge in [-0.1, -0.05) is 48.0 Å². The molecule has 0 aliphatic rings. The van der Waals surface area contributed by atoms with E-state index in [1.54, 1.807) is 6.07 Å². The summed E-state index contributed by atoms with van der Waals surface area (Å²) in [5.74, 6) is 0.391. The molecular formula is C22H19ClN2O2. The zero-order valence-corrected chi connectivity index (χ0v) is 15.7. The quantitative estimate of drug-likeness (QED) is 0.531. The Morgan fingerprint density at radius 1 is 1.07 bits per heavy atom. The summed E-state index contributed by atoms with van der Waals surface area (Å²) in [6, 6.07) is 19.3. The van der Waals surface area contributed by atoms with Crippen LogP contribution in [0.2, 0.25) is 5.02 Å². The molecule has 1 aromatic heterocycles. The van der Waals surface area contributed by atoms with Crippen molar-refractivity contribution in [2.45, 2.75) is 13.5 Å². The van der Waals surface area contributed by atoms with Crippen molar-refractivity contribution in [3.05, 3.63) is 76.8 Å². The summed E-state index contributed by atoms with van der Waals surface area (Å²) in [6.45, 7) is 3.13. The minimum absolute atomic E-state index is 0.450. The first kappa shape index (κ1) is 17.4. The SMILES string of the molecule is CCOc1ccccc1Cn1c2cccc(C(N)=O)c2c2cccc(Cl)c21. The average Bonchev–Trinajstić information content (AvgIpc) is 2.99. The lowest BCUT2D eigenvalue weighted by atomic mass is 10.1. The van der Waals surface area contributed by atoms with E-state index < -0.39 is 5.91 Å². The van der Waals surface area contributed by atoms with E-state index in [4.69, 9.17) is 22.1 Å². The number of primary amides is 1. The van der Waals surface area contributed by atoms with E-state index in [9.17, 15) is 4.79 Å². The molecule has 0 aliphatic carbocycles. The Morgan fingerprint density at radius 3 is 2.63 bits per heavy atom. The van der Waals surface area contributed by atoms with E-state index in [1.807, 2.05) is 61.5 Å². The van der Waals surface area contributed by atoms with Gasteiger partial charge in [-0.2, -0.15) is 0 Å². The van der Waals surface area contributed by atoms with Crippen molar-refractivity contribution in [3.63, 3.8) is 0 Å². The van der Waals surface area contributed by atoms with Crippen molar-refractivity contribution < 1.29 is 9.53 Å². The van der Waals surface area contributed by atoms with Gasteiger partial charge in [0.15, 0.2) is 0 Å². The van der Waals surface area contributed by atoms with E-state index in [-0.39, 0.29) is 0 Å². The summed E-state index contributed by atoms with van der Waals surface area (Å²) in [5.41, 5.74) is 8.97. The van der Waals surface area contributed by atoms with Gasteiger partial charge >= 0.3 is 0 Å². The fourth-order valence-electron chi connectivity index (χ4n) is 3.63. The molecule has 136 valence electrons. The standard InChI is InChI=1S/C22H19ClN2O2/c1-2-27-19-12-4-3-7-14(19)13-25-18-11-6-9-16(22(24)26)20(18)15-8-5-10-17(23)21(15)25/h3-12H,2,13H2,1H3,(H2,24,26). The molecule has 0 unspecified atom stereocenters. The monoisotopic (exact) mass is 378 g/mol. The molecule has 0 radical (unpaired) electrons. The highest BCUT2D eigenvalue weighted by atomic mass is 35.5. The summed E-state index contributed by atoms with van der Waals surface area (Å²) in [7, 11) is 0. The molecule has 5 heteroatoms. The first-order valence-corrected chi connectivity index (χ1v) is 9.19. The zero-order valence-electron chi connectivity index (χ0n) is 14.9. The number of aromatic nitrogens is 1. The Kier molecular flexibility index (Phi) is 4.50. The largest absolute Gasteiger partial charge is 0.494 e. The molecule has 4 aromatic rings. The second-order valence-electron chi connectivity index (χ2n) is 6.33. The van der Waals surface area contributed by atoms with Crippen molar-refractivity contribution in [2.24, 2.45) is 5.73 Å². The van der Waals surface area contributed by atoms with Crippen molar-refractivity contribution in [3.8, 4) is 5.75 Å². The number of nitrogens with zero attached hydrogens (tertiary/aromatic N) is 1. The fraction of sp³-hybridized carbons (Fsp3) is 0.136. The molecule has 27 heavy (non-hydrogen) atoms. The molecule has 0 saturated carbocycles. The molecule has 4 rings (SSSR count). The van der Waals surface area contributed by atoms with Crippen molar-refractivity contribution in [1.82, 2.24) is 4.57 Å². The number of nitrogens with two attached hydrogens (primary N) is 1. The molecule has 3 aromatic carbocycles. The third-order valence-corrected chi connectivity index (χ3v) is 5.03. The smallest absolute Gasteiger partial charge is 0.249 e. The van der Waals surface area contributed by atoms with E-state index in [0.717, 1.165) is 33.1 Å². The van der Waals surface area contributed by atoms with Gasteiger partial charge in [0.1, 0.15) is 5.75 Å². The fourth-order valence-corrected chi connectivity index (χ4v) is 3.91. The van der Waals surface area contributed by atoms with Crippen LogP contribution >= 0.6 is 11.6 Å². The predicted octanol–water partition coefficient (Wildman–Crippen LogP) is 4.99. The number of amides is 1. The minimum atomic E-state index is -0.450. The van der Waals surface area contributed by atoms with Crippen molar-refractivity contribution >= 4 is 39.3 Å². The highest BCUT2D eigenvalue weighted by molar-refractivity contribution is 6.37. The number of fused-ring (bicyclic) bond motifs is 3. The van der Waals surface area contributed by atoms with Gasteiger partial charge in [-0.05, 0) is 31.2 Å². The van der Waals surface area contributed by atoms with Gasteiger partial charge < -0.3 is 15.0 Å². The normalized spacial score (nSPS) is 11.2. The molecule has 1 amide bonds.